The number of sulfone groups is 1. The average Bonchev–Trinajstić information content (AvgIpc) is 3.20. The van der Waals surface area contributed by atoms with Gasteiger partial charge >= 0.3 is 0 Å². The summed E-state index contributed by atoms with van der Waals surface area (Å²) < 4.78 is 23.3. The Morgan fingerprint density at radius 2 is 1.72 bits per heavy atom. The molecule has 142 valence electrons. The van der Waals surface area contributed by atoms with Crippen molar-refractivity contribution in [3.05, 3.63) is 0 Å². The molecule has 1 N–H and O–H groups in total. The summed E-state index contributed by atoms with van der Waals surface area (Å²) in [6.07, 6.45) is 5.57. The van der Waals surface area contributed by atoms with Gasteiger partial charge in [0.15, 0.2) is 15.8 Å². The first-order valence-corrected chi connectivity index (χ1v) is 11.3. The highest BCUT2D eigenvalue weighted by molar-refractivity contribution is 7.91. The van der Waals surface area contributed by atoms with E-state index in [1.165, 1.54) is 25.7 Å². The van der Waals surface area contributed by atoms with E-state index in [-0.39, 0.29) is 17.6 Å². The Balaban J connectivity index is 1.62. The van der Waals surface area contributed by atoms with E-state index in [2.05, 4.69) is 10.2 Å². The smallest absolute Gasteiger partial charge is 0.219 e. The second kappa shape index (κ2) is 7.93. The molecule has 1 atom stereocenters. The van der Waals surface area contributed by atoms with Gasteiger partial charge in [0.05, 0.1) is 11.5 Å². The minimum absolute atomic E-state index is 0.123. The van der Waals surface area contributed by atoms with Crippen molar-refractivity contribution >= 4 is 21.7 Å². The van der Waals surface area contributed by atoms with E-state index in [1.54, 1.807) is 6.92 Å². The predicted octanol–water partition coefficient (Wildman–Crippen LogP) is 0.473. The van der Waals surface area contributed by atoms with E-state index < -0.39 is 9.84 Å². The molecule has 3 fully saturated rings. The maximum atomic E-state index is 11.7. The summed E-state index contributed by atoms with van der Waals surface area (Å²) in [6, 6.07) is 0.469. The van der Waals surface area contributed by atoms with Crippen LogP contribution in [0.4, 0.5) is 0 Å². The molecule has 1 amide bonds. The molecule has 3 aliphatic rings. The number of aliphatic imine (C=N–C) groups is 1. The molecular formula is C17H30N4O3S. The van der Waals surface area contributed by atoms with Gasteiger partial charge in [-0.25, -0.2) is 8.42 Å². The van der Waals surface area contributed by atoms with Gasteiger partial charge in [-0.1, -0.05) is 12.8 Å². The quantitative estimate of drug-likeness (QED) is 0.577. The van der Waals surface area contributed by atoms with Crippen LogP contribution < -0.4 is 5.32 Å². The average molecular weight is 371 g/mol. The zero-order valence-electron chi connectivity index (χ0n) is 15.1. The number of piperazine rings is 1. The standard InChI is InChI=1S/C17H30N4O3S/c1-14(22)20-7-9-21(10-8-20)17(19-16-4-2-3-5-16)18-12-15-6-11-25(23,24)13-15/h15-16H,2-13H2,1H3,(H,18,19). The van der Waals surface area contributed by atoms with E-state index >= 15 is 0 Å². The minimum Gasteiger partial charge on any atom is -0.354 e. The maximum absolute atomic E-state index is 11.7. The van der Waals surface area contributed by atoms with Gasteiger partial charge in [-0.05, 0) is 25.2 Å². The van der Waals surface area contributed by atoms with Crippen molar-refractivity contribution < 1.29 is 13.2 Å². The van der Waals surface area contributed by atoms with Crippen molar-refractivity contribution in [3.63, 3.8) is 0 Å². The predicted molar refractivity (Wildman–Crippen MR) is 98.3 cm³/mol. The van der Waals surface area contributed by atoms with Crippen molar-refractivity contribution in [2.75, 3.05) is 44.2 Å². The van der Waals surface area contributed by atoms with E-state index in [0.29, 0.717) is 18.3 Å². The Hall–Kier alpha value is -1.31. The van der Waals surface area contributed by atoms with E-state index in [0.717, 1.165) is 38.6 Å². The SMILES string of the molecule is CC(=O)N1CCN(C(=NCC2CCS(=O)(=O)C2)NC2CCCC2)CC1. The van der Waals surface area contributed by atoms with Crippen molar-refractivity contribution in [1.29, 1.82) is 0 Å². The van der Waals surface area contributed by atoms with E-state index in [1.807, 2.05) is 4.90 Å². The molecule has 7 nitrogen and oxygen atoms in total. The fourth-order valence-corrected chi connectivity index (χ4v) is 5.80. The lowest BCUT2D eigenvalue weighted by atomic mass is 10.1. The third kappa shape index (κ3) is 5.09. The monoisotopic (exact) mass is 370 g/mol. The molecule has 0 aromatic rings. The molecule has 3 rings (SSSR count). The fraction of sp³-hybridized carbons (Fsp3) is 0.882. The summed E-state index contributed by atoms with van der Waals surface area (Å²) >= 11 is 0. The number of amides is 1. The molecule has 25 heavy (non-hydrogen) atoms. The van der Waals surface area contributed by atoms with Crippen molar-refractivity contribution in [3.8, 4) is 0 Å². The molecular weight excluding hydrogens is 340 g/mol. The number of hydrogen-bond acceptors (Lipinski definition) is 4. The van der Waals surface area contributed by atoms with Crippen LogP contribution in [0, 0.1) is 5.92 Å². The van der Waals surface area contributed by atoms with E-state index in [4.69, 9.17) is 4.99 Å². The zero-order chi connectivity index (χ0) is 17.9. The lowest BCUT2D eigenvalue weighted by Crippen LogP contribution is -2.54. The maximum Gasteiger partial charge on any atom is 0.219 e. The molecule has 1 aliphatic carbocycles. The highest BCUT2D eigenvalue weighted by atomic mass is 32.2. The van der Waals surface area contributed by atoms with Crippen LogP contribution in [0.25, 0.3) is 0 Å². The normalized spacial score (nSPS) is 27.7. The largest absolute Gasteiger partial charge is 0.354 e. The Bertz CT molecular complexity index is 605. The molecule has 0 radical (unpaired) electrons. The van der Waals surface area contributed by atoms with E-state index in [9.17, 15) is 13.2 Å². The number of carbonyl (C=O) groups excluding carboxylic acids is 1. The van der Waals surface area contributed by atoms with Gasteiger partial charge in [0, 0.05) is 45.7 Å². The molecule has 0 aromatic carbocycles. The van der Waals surface area contributed by atoms with Gasteiger partial charge in [0.25, 0.3) is 0 Å². The molecule has 1 unspecified atom stereocenters. The fourth-order valence-electron chi connectivity index (χ4n) is 3.95. The lowest BCUT2D eigenvalue weighted by Gasteiger charge is -2.37. The molecule has 2 heterocycles. The summed E-state index contributed by atoms with van der Waals surface area (Å²) in [5, 5.41) is 3.60. The third-order valence-corrected chi connectivity index (χ3v) is 7.38. The van der Waals surface area contributed by atoms with Gasteiger partial charge in [0.1, 0.15) is 0 Å². The second-order valence-electron chi connectivity index (χ2n) is 7.55. The number of nitrogens with zero attached hydrogens (tertiary/aromatic N) is 3. The van der Waals surface area contributed by atoms with Crippen LogP contribution in [0.15, 0.2) is 4.99 Å². The van der Waals surface area contributed by atoms with Crippen molar-refractivity contribution in [1.82, 2.24) is 15.1 Å². The summed E-state index contributed by atoms with van der Waals surface area (Å²) in [4.78, 5) is 20.4. The van der Waals surface area contributed by atoms with Crippen LogP contribution in [0.2, 0.25) is 0 Å². The zero-order valence-corrected chi connectivity index (χ0v) is 15.9. The van der Waals surface area contributed by atoms with Crippen LogP contribution in [0.1, 0.15) is 39.0 Å². The summed E-state index contributed by atoms with van der Waals surface area (Å²) in [6.45, 7) is 5.18. The Kier molecular flexibility index (Phi) is 5.86. The number of hydrogen-bond donors (Lipinski definition) is 1. The molecule has 1 saturated carbocycles. The Morgan fingerprint density at radius 1 is 1.08 bits per heavy atom. The second-order valence-corrected chi connectivity index (χ2v) is 9.78. The number of guanidine groups is 1. The molecule has 2 aliphatic heterocycles. The highest BCUT2D eigenvalue weighted by Crippen LogP contribution is 2.20. The van der Waals surface area contributed by atoms with Gasteiger partial charge in [-0.2, -0.15) is 0 Å². The van der Waals surface area contributed by atoms with Crippen LogP contribution in [-0.2, 0) is 14.6 Å². The molecule has 8 heteroatoms. The topological polar surface area (TPSA) is 82.1 Å². The Morgan fingerprint density at radius 3 is 2.28 bits per heavy atom. The number of carbonyl (C=O) groups is 1. The summed E-state index contributed by atoms with van der Waals surface area (Å²) in [5.74, 6) is 1.74. The van der Waals surface area contributed by atoms with Gasteiger partial charge in [-0.15, -0.1) is 0 Å². The number of rotatable bonds is 3. The van der Waals surface area contributed by atoms with Crippen LogP contribution >= 0.6 is 0 Å². The van der Waals surface area contributed by atoms with Gasteiger partial charge < -0.3 is 15.1 Å². The summed E-state index contributed by atoms with van der Waals surface area (Å²) in [5.41, 5.74) is 0. The first-order chi connectivity index (χ1) is 11.9. The highest BCUT2D eigenvalue weighted by Gasteiger charge is 2.29. The van der Waals surface area contributed by atoms with Crippen LogP contribution in [0.5, 0.6) is 0 Å². The van der Waals surface area contributed by atoms with Crippen molar-refractivity contribution in [2.45, 2.75) is 45.1 Å². The first kappa shape index (κ1) is 18.5. The first-order valence-electron chi connectivity index (χ1n) is 9.45. The third-order valence-electron chi connectivity index (χ3n) is 5.54. The van der Waals surface area contributed by atoms with Gasteiger partial charge in [0.2, 0.25) is 5.91 Å². The van der Waals surface area contributed by atoms with Crippen LogP contribution in [0.3, 0.4) is 0 Å². The Labute approximate surface area is 150 Å². The van der Waals surface area contributed by atoms with Crippen molar-refractivity contribution in [2.24, 2.45) is 10.9 Å². The molecule has 0 spiro atoms. The lowest BCUT2D eigenvalue weighted by molar-refractivity contribution is -0.130. The number of nitrogens with one attached hydrogen (secondary N) is 1. The van der Waals surface area contributed by atoms with Gasteiger partial charge in [-0.3, -0.25) is 9.79 Å². The summed E-state index contributed by atoms with van der Waals surface area (Å²) in [7, 11) is -2.85. The molecule has 0 bridgehead atoms. The van der Waals surface area contributed by atoms with Crippen LogP contribution in [-0.4, -0.2) is 80.4 Å². The molecule has 0 aromatic heterocycles. The molecule has 2 saturated heterocycles. The minimum atomic E-state index is -2.85.